The second-order valence-electron chi connectivity index (χ2n) is 9.38. The SMILES string of the molecule is Cc1ccc(C)c(NC(=O)CCN2C(=S)N[C@@H](c3ccccn3)[C@H]2c2ccc(C)n2-c2cccnc2)c1. The minimum atomic E-state index is -0.166. The number of carbonyl (C=O) groups excluding carboxylic acids is 1. The van der Waals surface area contributed by atoms with Crippen molar-refractivity contribution < 1.29 is 4.79 Å². The van der Waals surface area contributed by atoms with E-state index in [4.69, 9.17) is 12.2 Å². The molecule has 5 rings (SSSR count). The summed E-state index contributed by atoms with van der Waals surface area (Å²) in [4.78, 5) is 24.1. The molecule has 0 bridgehead atoms. The first-order chi connectivity index (χ1) is 17.9. The fraction of sp³-hybridized carbons (Fsp3) is 0.241. The van der Waals surface area contributed by atoms with E-state index in [1.165, 1.54) is 0 Å². The summed E-state index contributed by atoms with van der Waals surface area (Å²) in [5.41, 5.74) is 7.01. The first kappa shape index (κ1) is 24.6. The largest absolute Gasteiger partial charge is 0.352 e. The number of thiocarbonyl (C=S) groups is 1. The molecule has 1 amide bonds. The molecule has 8 heteroatoms. The fourth-order valence-electron chi connectivity index (χ4n) is 4.90. The van der Waals surface area contributed by atoms with Crippen molar-refractivity contribution in [2.45, 2.75) is 39.3 Å². The van der Waals surface area contributed by atoms with Gasteiger partial charge in [0.05, 0.1) is 29.7 Å². The standard InChI is InChI=1S/C29H30N6OS/c1-19-9-10-20(2)24(17-19)32-26(36)13-16-34-28(27(33-29(34)37)23-8-4-5-15-31-23)25-12-11-21(3)35(25)22-7-6-14-30-18-22/h4-12,14-15,17-18,27-28H,13,16H2,1-3H3,(H,32,36)(H,33,37)/t27-,28+/m0/s1. The van der Waals surface area contributed by atoms with E-state index in [9.17, 15) is 4.79 Å². The van der Waals surface area contributed by atoms with E-state index in [1.807, 2.05) is 68.6 Å². The average molecular weight is 511 g/mol. The summed E-state index contributed by atoms with van der Waals surface area (Å²) in [7, 11) is 0. The van der Waals surface area contributed by atoms with Crippen molar-refractivity contribution in [1.82, 2.24) is 24.8 Å². The highest BCUT2D eigenvalue weighted by Crippen LogP contribution is 2.40. The fourth-order valence-corrected chi connectivity index (χ4v) is 5.23. The third-order valence-corrected chi connectivity index (χ3v) is 7.11. The van der Waals surface area contributed by atoms with Gasteiger partial charge in [-0.15, -0.1) is 0 Å². The van der Waals surface area contributed by atoms with Gasteiger partial charge in [0.1, 0.15) is 0 Å². The van der Waals surface area contributed by atoms with Gasteiger partial charge in [-0.3, -0.25) is 14.8 Å². The lowest BCUT2D eigenvalue weighted by Crippen LogP contribution is -2.33. The number of anilines is 1. The van der Waals surface area contributed by atoms with Crippen LogP contribution in [0.15, 0.2) is 79.3 Å². The number of rotatable bonds is 7. The molecule has 7 nitrogen and oxygen atoms in total. The number of aromatic nitrogens is 3. The van der Waals surface area contributed by atoms with Gasteiger partial charge >= 0.3 is 0 Å². The minimum Gasteiger partial charge on any atom is -0.352 e. The number of carbonyl (C=O) groups is 1. The third-order valence-electron chi connectivity index (χ3n) is 6.76. The summed E-state index contributed by atoms with van der Waals surface area (Å²) in [5.74, 6) is -0.0460. The Balaban J connectivity index is 1.46. The molecule has 0 radical (unpaired) electrons. The van der Waals surface area contributed by atoms with E-state index in [1.54, 1.807) is 12.4 Å². The normalized spacial score (nSPS) is 17.1. The van der Waals surface area contributed by atoms with E-state index in [0.29, 0.717) is 18.1 Å². The topological polar surface area (TPSA) is 75.1 Å². The summed E-state index contributed by atoms with van der Waals surface area (Å²) < 4.78 is 2.20. The van der Waals surface area contributed by atoms with E-state index in [0.717, 1.165) is 39.6 Å². The summed E-state index contributed by atoms with van der Waals surface area (Å²) in [6, 6.07) is 19.8. The number of pyridine rings is 2. The molecular weight excluding hydrogens is 480 g/mol. The molecule has 0 aliphatic carbocycles. The Kier molecular flexibility index (Phi) is 7.01. The van der Waals surface area contributed by atoms with Gasteiger partial charge in [0.15, 0.2) is 5.11 Å². The van der Waals surface area contributed by atoms with Crippen molar-refractivity contribution in [2.24, 2.45) is 0 Å². The molecule has 4 aromatic rings. The molecule has 1 aliphatic heterocycles. The molecule has 0 saturated carbocycles. The second-order valence-corrected chi connectivity index (χ2v) is 9.77. The van der Waals surface area contributed by atoms with Crippen molar-refractivity contribution in [3.8, 4) is 5.69 Å². The number of aryl methyl sites for hydroxylation is 3. The van der Waals surface area contributed by atoms with Crippen LogP contribution in [0.25, 0.3) is 5.69 Å². The van der Waals surface area contributed by atoms with Gasteiger partial charge in [-0.1, -0.05) is 18.2 Å². The maximum atomic E-state index is 13.0. The van der Waals surface area contributed by atoms with Gasteiger partial charge < -0.3 is 20.1 Å². The van der Waals surface area contributed by atoms with E-state index >= 15 is 0 Å². The molecular formula is C29H30N6OS. The Morgan fingerprint density at radius 2 is 1.92 bits per heavy atom. The van der Waals surface area contributed by atoms with Crippen molar-refractivity contribution in [3.63, 3.8) is 0 Å². The number of benzene rings is 1. The molecule has 2 N–H and O–H groups in total. The van der Waals surface area contributed by atoms with Crippen molar-refractivity contribution in [3.05, 3.63) is 107 Å². The Morgan fingerprint density at radius 1 is 1.05 bits per heavy atom. The molecule has 0 unspecified atom stereocenters. The Bertz CT molecular complexity index is 1420. The first-order valence-electron chi connectivity index (χ1n) is 12.4. The molecule has 0 spiro atoms. The first-order valence-corrected chi connectivity index (χ1v) is 12.8. The minimum absolute atomic E-state index is 0.0460. The number of nitrogens with zero attached hydrogens (tertiary/aromatic N) is 4. The molecule has 188 valence electrons. The van der Waals surface area contributed by atoms with E-state index < -0.39 is 0 Å². The zero-order valence-electron chi connectivity index (χ0n) is 21.2. The number of amides is 1. The van der Waals surface area contributed by atoms with Gasteiger partial charge in [-0.2, -0.15) is 0 Å². The Labute approximate surface area is 222 Å². The highest BCUT2D eigenvalue weighted by Gasteiger charge is 2.41. The van der Waals surface area contributed by atoms with Crippen molar-refractivity contribution in [2.75, 3.05) is 11.9 Å². The molecule has 1 aromatic carbocycles. The predicted octanol–water partition coefficient (Wildman–Crippen LogP) is 5.19. The number of hydrogen-bond donors (Lipinski definition) is 2. The van der Waals surface area contributed by atoms with Crippen LogP contribution in [0.4, 0.5) is 5.69 Å². The van der Waals surface area contributed by atoms with E-state index in [-0.39, 0.29) is 18.0 Å². The Morgan fingerprint density at radius 3 is 2.68 bits per heavy atom. The summed E-state index contributed by atoms with van der Waals surface area (Å²) in [5, 5.41) is 7.16. The van der Waals surface area contributed by atoms with Crippen LogP contribution in [0.2, 0.25) is 0 Å². The molecule has 2 atom stereocenters. The quantitative estimate of drug-likeness (QED) is 0.333. The Hall–Kier alpha value is -4.04. The van der Waals surface area contributed by atoms with Gasteiger partial charge in [0.25, 0.3) is 0 Å². The van der Waals surface area contributed by atoms with Crippen LogP contribution >= 0.6 is 12.2 Å². The second kappa shape index (κ2) is 10.5. The van der Waals surface area contributed by atoms with Gasteiger partial charge in [-0.05, 0) is 86.6 Å². The molecule has 4 heterocycles. The van der Waals surface area contributed by atoms with Gasteiger partial charge in [0.2, 0.25) is 5.91 Å². The number of hydrogen-bond acceptors (Lipinski definition) is 4. The van der Waals surface area contributed by atoms with Crippen LogP contribution in [0, 0.1) is 20.8 Å². The highest BCUT2D eigenvalue weighted by molar-refractivity contribution is 7.80. The molecule has 3 aromatic heterocycles. The molecule has 1 aliphatic rings. The highest BCUT2D eigenvalue weighted by atomic mass is 32.1. The smallest absolute Gasteiger partial charge is 0.226 e. The van der Waals surface area contributed by atoms with Crippen LogP contribution in [0.3, 0.4) is 0 Å². The summed E-state index contributed by atoms with van der Waals surface area (Å²) in [6.45, 7) is 6.56. The molecule has 37 heavy (non-hydrogen) atoms. The maximum absolute atomic E-state index is 13.0. The van der Waals surface area contributed by atoms with Crippen LogP contribution in [0.1, 0.15) is 46.7 Å². The lowest BCUT2D eigenvalue weighted by molar-refractivity contribution is -0.116. The average Bonchev–Trinajstić information content (AvgIpc) is 3.44. The maximum Gasteiger partial charge on any atom is 0.226 e. The number of nitrogens with one attached hydrogen (secondary N) is 2. The molecule has 1 fully saturated rings. The lowest BCUT2D eigenvalue weighted by atomic mass is 10.0. The van der Waals surface area contributed by atoms with Gasteiger partial charge in [-0.25, -0.2) is 0 Å². The zero-order valence-corrected chi connectivity index (χ0v) is 22.0. The van der Waals surface area contributed by atoms with Crippen LogP contribution in [-0.2, 0) is 4.79 Å². The molecule has 1 saturated heterocycles. The van der Waals surface area contributed by atoms with Crippen LogP contribution in [0.5, 0.6) is 0 Å². The lowest BCUT2D eigenvalue weighted by Gasteiger charge is -2.29. The summed E-state index contributed by atoms with van der Waals surface area (Å²) in [6.07, 6.45) is 5.72. The van der Waals surface area contributed by atoms with Crippen molar-refractivity contribution in [1.29, 1.82) is 0 Å². The van der Waals surface area contributed by atoms with Crippen LogP contribution in [-0.4, -0.2) is 37.0 Å². The van der Waals surface area contributed by atoms with Crippen molar-refractivity contribution >= 4 is 28.9 Å². The van der Waals surface area contributed by atoms with E-state index in [2.05, 4.69) is 49.1 Å². The summed E-state index contributed by atoms with van der Waals surface area (Å²) >= 11 is 5.81. The van der Waals surface area contributed by atoms with Gasteiger partial charge in [0, 0.05) is 42.4 Å². The zero-order chi connectivity index (χ0) is 25.9. The monoisotopic (exact) mass is 510 g/mol. The van der Waals surface area contributed by atoms with Crippen LogP contribution < -0.4 is 10.6 Å². The third kappa shape index (κ3) is 5.11. The predicted molar refractivity (Wildman–Crippen MR) is 150 cm³/mol.